The first-order valence-corrected chi connectivity index (χ1v) is 6.89. The van der Waals surface area contributed by atoms with Crippen LogP contribution in [0.5, 0.6) is 0 Å². The molecule has 0 unspecified atom stereocenters. The van der Waals surface area contributed by atoms with Crippen LogP contribution in [0.4, 0.5) is 0 Å². The lowest BCUT2D eigenvalue weighted by molar-refractivity contribution is -0.131. The summed E-state index contributed by atoms with van der Waals surface area (Å²) in [6.07, 6.45) is 3.26. The minimum absolute atomic E-state index is 0.0123. The lowest BCUT2D eigenvalue weighted by atomic mass is 10.0. The van der Waals surface area contributed by atoms with E-state index in [9.17, 15) is 9.59 Å². The summed E-state index contributed by atoms with van der Waals surface area (Å²) in [7, 11) is 0. The minimum Gasteiger partial charge on any atom is -0.354 e. The van der Waals surface area contributed by atoms with Crippen LogP contribution < -0.4 is 10.6 Å². The molecule has 4 heteroatoms. The molecule has 0 aromatic heterocycles. The topological polar surface area (TPSA) is 58.2 Å². The number of carbonyl (C=O) groups excluding carboxylic acids is 2. The monoisotopic (exact) mass is 258 g/mol. The molecule has 1 fully saturated rings. The van der Waals surface area contributed by atoms with E-state index in [1.807, 2.05) is 12.1 Å². The molecule has 1 aliphatic heterocycles. The maximum atomic E-state index is 12.2. The van der Waals surface area contributed by atoms with E-state index in [0.717, 1.165) is 32.2 Å². The summed E-state index contributed by atoms with van der Waals surface area (Å²) in [6.45, 7) is 0.722. The van der Waals surface area contributed by atoms with E-state index >= 15 is 0 Å². The molecule has 0 saturated carbocycles. The molecule has 1 aromatic rings. The number of benzene rings is 1. The number of hydrogen-bond donors (Lipinski definition) is 2. The summed E-state index contributed by atoms with van der Waals surface area (Å²) < 4.78 is 0. The first kappa shape index (κ1) is 12.2. The van der Waals surface area contributed by atoms with Crippen molar-refractivity contribution in [3.63, 3.8) is 0 Å². The van der Waals surface area contributed by atoms with Crippen molar-refractivity contribution in [1.29, 1.82) is 0 Å². The molecular weight excluding hydrogens is 240 g/mol. The van der Waals surface area contributed by atoms with Gasteiger partial charge in [-0.25, -0.2) is 0 Å². The van der Waals surface area contributed by atoms with Gasteiger partial charge < -0.3 is 10.6 Å². The maximum absolute atomic E-state index is 12.2. The summed E-state index contributed by atoms with van der Waals surface area (Å²) in [5.74, 6) is -0.0551. The highest BCUT2D eigenvalue weighted by atomic mass is 16.2. The van der Waals surface area contributed by atoms with Gasteiger partial charge in [-0.3, -0.25) is 9.59 Å². The van der Waals surface area contributed by atoms with Crippen LogP contribution in [-0.2, 0) is 22.4 Å². The van der Waals surface area contributed by atoms with Gasteiger partial charge in [-0.1, -0.05) is 24.3 Å². The zero-order chi connectivity index (χ0) is 13.2. The van der Waals surface area contributed by atoms with Crippen LogP contribution in [0, 0.1) is 5.92 Å². The fourth-order valence-electron chi connectivity index (χ4n) is 2.94. The summed E-state index contributed by atoms with van der Waals surface area (Å²) in [4.78, 5) is 23.9. The Morgan fingerprint density at radius 1 is 1.21 bits per heavy atom. The smallest absolute Gasteiger partial charge is 0.242 e. The normalized spacial score (nSPS) is 22.7. The maximum Gasteiger partial charge on any atom is 0.242 e. The van der Waals surface area contributed by atoms with Crippen molar-refractivity contribution in [3.05, 3.63) is 35.4 Å². The second-order valence-corrected chi connectivity index (χ2v) is 5.37. The van der Waals surface area contributed by atoms with Crippen LogP contribution in [0.25, 0.3) is 0 Å². The van der Waals surface area contributed by atoms with E-state index in [1.54, 1.807) is 0 Å². The van der Waals surface area contributed by atoms with Gasteiger partial charge in [0.2, 0.25) is 11.8 Å². The number of carbonyl (C=O) groups is 2. The Kier molecular flexibility index (Phi) is 3.23. The van der Waals surface area contributed by atoms with Crippen LogP contribution in [0.1, 0.15) is 24.0 Å². The molecular formula is C15H18N2O2. The molecule has 2 amide bonds. The predicted octanol–water partition coefficient (Wildman–Crippen LogP) is 0.796. The van der Waals surface area contributed by atoms with E-state index in [-0.39, 0.29) is 23.8 Å². The molecule has 100 valence electrons. The van der Waals surface area contributed by atoms with Gasteiger partial charge in [-0.05, 0) is 36.8 Å². The van der Waals surface area contributed by atoms with E-state index in [4.69, 9.17) is 0 Å². The highest BCUT2D eigenvalue weighted by molar-refractivity contribution is 5.89. The molecule has 1 aromatic carbocycles. The molecule has 0 radical (unpaired) electrons. The minimum atomic E-state index is -0.343. The number of nitrogens with one attached hydrogen (secondary N) is 2. The molecule has 1 heterocycles. The SMILES string of the molecule is O=C(N[C@H]1CCCNC1=O)C1Cc2ccccc2C1. The number of amides is 2. The Hall–Kier alpha value is -1.84. The van der Waals surface area contributed by atoms with Gasteiger partial charge in [-0.2, -0.15) is 0 Å². The van der Waals surface area contributed by atoms with Gasteiger partial charge in [-0.15, -0.1) is 0 Å². The van der Waals surface area contributed by atoms with E-state index < -0.39 is 0 Å². The molecule has 3 rings (SSSR count). The highest BCUT2D eigenvalue weighted by Crippen LogP contribution is 2.26. The van der Waals surface area contributed by atoms with Crippen LogP contribution >= 0.6 is 0 Å². The van der Waals surface area contributed by atoms with Gasteiger partial charge in [0, 0.05) is 12.5 Å². The molecule has 2 aliphatic rings. The fraction of sp³-hybridized carbons (Fsp3) is 0.467. The second kappa shape index (κ2) is 5.03. The zero-order valence-corrected chi connectivity index (χ0v) is 10.8. The Morgan fingerprint density at radius 2 is 1.89 bits per heavy atom. The average Bonchev–Trinajstić information content (AvgIpc) is 2.85. The molecule has 19 heavy (non-hydrogen) atoms. The largest absolute Gasteiger partial charge is 0.354 e. The van der Waals surface area contributed by atoms with Crippen LogP contribution in [0.15, 0.2) is 24.3 Å². The van der Waals surface area contributed by atoms with E-state index in [2.05, 4.69) is 22.8 Å². The van der Waals surface area contributed by atoms with Crippen LogP contribution in [0.3, 0.4) is 0 Å². The summed E-state index contributed by atoms with van der Waals surface area (Å²) >= 11 is 0. The molecule has 2 N–H and O–H groups in total. The zero-order valence-electron chi connectivity index (χ0n) is 10.8. The molecule has 0 bridgehead atoms. The van der Waals surface area contributed by atoms with Crippen molar-refractivity contribution in [3.8, 4) is 0 Å². The lowest BCUT2D eigenvalue weighted by Crippen LogP contribution is -2.51. The average molecular weight is 258 g/mol. The van der Waals surface area contributed by atoms with E-state index in [1.165, 1.54) is 11.1 Å². The Balaban J connectivity index is 1.62. The Labute approximate surface area is 112 Å². The molecule has 4 nitrogen and oxygen atoms in total. The van der Waals surface area contributed by atoms with Crippen molar-refractivity contribution in [2.45, 2.75) is 31.7 Å². The fourth-order valence-corrected chi connectivity index (χ4v) is 2.94. The van der Waals surface area contributed by atoms with Gasteiger partial charge >= 0.3 is 0 Å². The van der Waals surface area contributed by atoms with Crippen molar-refractivity contribution < 1.29 is 9.59 Å². The summed E-state index contributed by atoms with van der Waals surface area (Å²) in [6, 6.07) is 7.83. The van der Waals surface area contributed by atoms with Crippen molar-refractivity contribution >= 4 is 11.8 Å². The third kappa shape index (κ3) is 2.48. The summed E-state index contributed by atoms with van der Waals surface area (Å²) in [5, 5.41) is 5.69. The lowest BCUT2D eigenvalue weighted by Gasteiger charge is -2.24. The summed E-state index contributed by atoms with van der Waals surface area (Å²) in [5.41, 5.74) is 2.52. The molecule has 0 spiro atoms. The molecule has 1 atom stereocenters. The van der Waals surface area contributed by atoms with Crippen molar-refractivity contribution in [2.75, 3.05) is 6.54 Å². The first-order valence-electron chi connectivity index (χ1n) is 6.89. The Bertz CT molecular complexity index is 488. The highest BCUT2D eigenvalue weighted by Gasteiger charge is 2.30. The van der Waals surface area contributed by atoms with Gasteiger partial charge in [0.1, 0.15) is 6.04 Å². The number of fused-ring (bicyclic) bond motifs is 1. The third-order valence-corrected chi connectivity index (χ3v) is 4.02. The second-order valence-electron chi connectivity index (χ2n) is 5.37. The first-order chi connectivity index (χ1) is 9.24. The quantitative estimate of drug-likeness (QED) is 0.824. The Morgan fingerprint density at radius 3 is 2.53 bits per heavy atom. The van der Waals surface area contributed by atoms with Gasteiger partial charge in [0.25, 0.3) is 0 Å². The van der Waals surface area contributed by atoms with E-state index in [0.29, 0.717) is 0 Å². The van der Waals surface area contributed by atoms with Crippen LogP contribution in [0.2, 0.25) is 0 Å². The van der Waals surface area contributed by atoms with Crippen LogP contribution in [-0.4, -0.2) is 24.4 Å². The number of rotatable bonds is 2. The predicted molar refractivity (Wildman–Crippen MR) is 71.5 cm³/mol. The molecule has 1 saturated heterocycles. The van der Waals surface area contributed by atoms with Gasteiger partial charge in [0.15, 0.2) is 0 Å². The van der Waals surface area contributed by atoms with Crippen molar-refractivity contribution in [1.82, 2.24) is 10.6 Å². The number of hydrogen-bond acceptors (Lipinski definition) is 2. The van der Waals surface area contributed by atoms with Gasteiger partial charge in [0.05, 0.1) is 0 Å². The number of piperidine rings is 1. The molecule has 1 aliphatic carbocycles. The van der Waals surface area contributed by atoms with Crippen molar-refractivity contribution in [2.24, 2.45) is 5.92 Å². The third-order valence-electron chi connectivity index (χ3n) is 4.02. The standard InChI is InChI=1S/C15H18N2O2/c18-14(17-13-6-3-7-16-15(13)19)12-8-10-4-1-2-5-11(10)9-12/h1-2,4-5,12-13H,3,6-9H2,(H,16,19)(H,17,18)/t13-/m0/s1.